The molecule has 0 saturated heterocycles. The summed E-state index contributed by atoms with van der Waals surface area (Å²) in [6, 6.07) is 65.5. The van der Waals surface area contributed by atoms with E-state index < -0.39 is 0 Å². The zero-order valence-electron chi connectivity index (χ0n) is 27.6. The lowest BCUT2D eigenvalue weighted by atomic mass is 10.0. The summed E-state index contributed by atoms with van der Waals surface area (Å²) in [7, 11) is 0. The van der Waals surface area contributed by atoms with E-state index in [1.54, 1.807) is 0 Å². The molecule has 0 aliphatic carbocycles. The van der Waals surface area contributed by atoms with Crippen molar-refractivity contribution in [1.82, 2.24) is 9.13 Å². The van der Waals surface area contributed by atoms with Crippen LogP contribution in [0.2, 0.25) is 0 Å². The third kappa shape index (κ3) is 4.19. The van der Waals surface area contributed by atoms with E-state index >= 15 is 0 Å². The summed E-state index contributed by atoms with van der Waals surface area (Å²) >= 11 is 0. The number of hydrogen-bond acceptors (Lipinski definition) is 1. The van der Waals surface area contributed by atoms with E-state index in [4.69, 9.17) is 4.42 Å². The van der Waals surface area contributed by atoms with Crippen molar-refractivity contribution in [1.29, 1.82) is 0 Å². The first kappa shape index (κ1) is 28.0. The van der Waals surface area contributed by atoms with Gasteiger partial charge in [-0.1, -0.05) is 127 Å². The monoisotopic (exact) mass is 650 g/mol. The smallest absolute Gasteiger partial charge is 0.137 e. The second-order valence-corrected chi connectivity index (χ2v) is 13.3. The lowest BCUT2D eigenvalue weighted by Gasteiger charge is -2.12. The average Bonchev–Trinajstić information content (AvgIpc) is 3.85. The first-order valence-corrected chi connectivity index (χ1v) is 17.4. The molecule has 11 aromatic rings. The molecule has 0 fully saturated rings. The Bertz CT molecular complexity index is 3100. The molecule has 0 aliphatic rings. The second-order valence-electron chi connectivity index (χ2n) is 13.3. The minimum atomic E-state index is 0.893. The Hall–Kier alpha value is -6.84. The van der Waals surface area contributed by atoms with Crippen molar-refractivity contribution < 1.29 is 4.42 Å². The van der Waals surface area contributed by atoms with Crippen molar-refractivity contribution in [2.24, 2.45) is 0 Å². The van der Waals surface area contributed by atoms with Crippen LogP contribution in [0.5, 0.6) is 0 Å². The molecule has 51 heavy (non-hydrogen) atoms. The van der Waals surface area contributed by atoms with Crippen LogP contribution >= 0.6 is 0 Å². The van der Waals surface area contributed by atoms with Crippen molar-refractivity contribution in [3.63, 3.8) is 0 Å². The van der Waals surface area contributed by atoms with Crippen LogP contribution < -0.4 is 0 Å². The van der Waals surface area contributed by atoms with Gasteiger partial charge in [-0.05, 0) is 76.9 Å². The largest absolute Gasteiger partial charge is 0.456 e. The lowest BCUT2D eigenvalue weighted by Crippen LogP contribution is -1.96. The van der Waals surface area contributed by atoms with Gasteiger partial charge in [0.1, 0.15) is 11.2 Å². The van der Waals surface area contributed by atoms with Crippen LogP contribution in [0.1, 0.15) is 0 Å². The Morgan fingerprint density at radius 2 is 0.824 bits per heavy atom. The van der Waals surface area contributed by atoms with E-state index in [1.807, 2.05) is 6.07 Å². The Kier molecular flexibility index (Phi) is 5.96. The normalized spacial score (nSPS) is 11.9. The molecule has 0 N–H and O–H groups in total. The van der Waals surface area contributed by atoms with Gasteiger partial charge in [0.15, 0.2) is 0 Å². The van der Waals surface area contributed by atoms with E-state index in [2.05, 4.69) is 185 Å². The number of nitrogens with zero attached hydrogens (tertiary/aromatic N) is 2. The molecule has 238 valence electrons. The molecule has 0 amide bonds. The summed E-state index contributed by atoms with van der Waals surface area (Å²) < 4.78 is 11.2. The number of benzene rings is 8. The van der Waals surface area contributed by atoms with Gasteiger partial charge in [-0.2, -0.15) is 0 Å². The maximum Gasteiger partial charge on any atom is 0.137 e. The number of furan rings is 1. The Balaban J connectivity index is 1.13. The number of rotatable bonds is 4. The van der Waals surface area contributed by atoms with Crippen LogP contribution in [-0.4, -0.2) is 9.13 Å². The van der Waals surface area contributed by atoms with Gasteiger partial charge in [-0.3, -0.25) is 0 Å². The standard InChI is InChI=1S/C48H30N2O/c1-2-11-31(12-3-1)32-21-23-33(24-22-32)34-25-27-35(28-26-34)49-41-16-7-4-13-36(41)39-29-40-37-14-5-8-17-42(37)50(45(40)30-44(39)49)43-18-10-20-47-48(43)38-15-6-9-19-46(38)51-47/h1-30H. The Morgan fingerprint density at radius 3 is 1.51 bits per heavy atom. The number of hydrogen-bond donors (Lipinski definition) is 0. The minimum Gasteiger partial charge on any atom is -0.456 e. The highest BCUT2D eigenvalue weighted by Crippen LogP contribution is 2.42. The molecule has 0 saturated carbocycles. The van der Waals surface area contributed by atoms with Crippen LogP contribution in [0, 0.1) is 0 Å². The molecule has 0 bridgehead atoms. The van der Waals surface area contributed by atoms with Crippen molar-refractivity contribution >= 4 is 65.6 Å². The summed E-state index contributed by atoms with van der Waals surface area (Å²) in [6.45, 7) is 0. The van der Waals surface area contributed by atoms with Gasteiger partial charge < -0.3 is 13.6 Å². The van der Waals surface area contributed by atoms with E-state index in [1.165, 1.54) is 65.9 Å². The highest BCUT2D eigenvalue weighted by Gasteiger charge is 2.20. The fourth-order valence-electron chi connectivity index (χ4n) is 8.20. The highest BCUT2D eigenvalue weighted by atomic mass is 16.3. The lowest BCUT2D eigenvalue weighted by molar-refractivity contribution is 0.669. The Morgan fingerprint density at radius 1 is 0.314 bits per heavy atom. The molecule has 0 radical (unpaired) electrons. The van der Waals surface area contributed by atoms with Gasteiger partial charge in [-0.25, -0.2) is 0 Å². The summed E-state index contributed by atoms with van der Waals surface area (Å²) in [5.41, 5.74) is 13.6. The van der Waals surface area contributed by atoms with Crippen LogP contribution in [0.3, 0.4) is 0 Å². The molecule has 0 spiro atoms. The molecular formula is C48H30N2O. The zero-order valence-corrected chi connectivity index (χ0v) is 27.6. The van der Waals surface area contributed by atoms with Gasteiger partial charge in [0.25, 0.3) is 0 Å². The fourth-order valence-corrected chi connectivity index (χ4v) is 8.20. The molecule has 8 aromatic carbocycles. The zero-order chi connectivity index (χ0) is 33.5. The maximum absolute atomic E-state index is 6.35. The van der Waals surface area contributed by atoms with Crippen molar-refractivity contribution in [2.75, 3.05) is 0 Å². The number of aromatic nitrogens is 2. The fraction of sp³-hybridized carbons (Fsp3) is 0. The summed E-state index contributed by atoms with van der Waals surface area (Å²) in [4.78, 5) is 0. The van der Waals surface area contributed by atoms with Crippen LogP contribution in [0.4, 0.5) is 0 Å². The molecule has 0 unspecified atom stereocenters. The molecule has 3 heterocycles. The molecule has 0 atom stereocenters. The average molecular weight is 651 g/mol. The van der Waals surface area contributed by atoms with E-state index in [0.29, 0.717) is 0 Å². The molecule has 0 aliphatic heterocycles. The summed E-state index contributed by atoms with van der Waals surface area (Å²) in [5, 5.41) is 7.21. The Labute approximate surface area is 293 Å². The predicted octanol–water partition coefficient (Wildman–Crippen LogP) is 13.1. The molecule has 3 aromatic heterocycles. The highest BCUT2D eigenvalue weighted by molar-refractivity contribution is 6.20. The molecular weight excluding hydrogens is 621 g/mol. The van der Waals surface area contributed by atoms with Crippen LogP contribution in [0.25, 0.3) is 99.2 Å². The van der Waals surface area contributed by atoms with Gasteiger partial charge in [0.05, 0.1) is 33.1 Å². The van der Waals surface area contributed by atoms with Crippen LogP contribution in [0.15, 0.2) is 186 Å². The van der Waals surface area contributed by atoms with Gasteiger partial charge >= 0.3 is 0 Å². The number of fused-ring (bicyclic) bond motifs is 9. The SMILES string of the molecule is c1ccc(-c2ccc(-c3ccc(-n4c5ccccc5c5cc6c7ccccc7n(-c7cccc8oc9ccccc9c78)c6cc54)cc3)cc2)cc1. The van der Waals surface area contributed by atoms with E-state index in [-0.39, 0.29) is 0 Å². The maximum atomic E-state index is 6.35. The minimum absolute atomic E-state index is 0.893. The van der Waals surface area contributed by atoms with Gasteiger partial charge in [0.2, 0.25) is 0 Å². The first-order valence-electron chi connectivity index (χ1n) is 17.4. The number of para-hydroxylation sites is 3. The van der Waals surface area contributed by atoms with Gasteiger partial charge in [0, 0.05) is 32.6 Å². The molecule has 3 heteroatoms. The van der Waals surface area contributed by atoms with Crippen molar-refractivity contribution in [2.45, 2.75) is 0 Å². The second kappa shape index (κ2) is 10.8. The molecule has 11 rings (SSSR count). The van der Waals surface area contributed by atoms with Gasteiger partial charge in [-0.15, -0.1) is 0 Å². The van der Waals surface area contributed by atoms with Crippen molar-refractivity contribution in [3.05, 3.63) is 182 Å². The van der Waals surface area contributed by atoms with E-state index in [0.717, 1.165) is 33.3 Å². The predicted molar refractivity (Wildman–Crippen MR) is 213 cm³/mol. The first-order chi connectivity index (χ1) is 25.3. The molecule has 3 nitrogen and oxygen atoms in total. The third-order valence-corrected chi connectivity index (χ3v) is 10.5. The van der Waals surface area contributed by atoms with Crippen LogP contribution in [-0.2, 0) is 0 Å². The third-order valence-electron chi connectivity index (χ3n) is 10.5. The quantitative estimate of drug-likeness (QED) is 0.186. The summed E-state index contributed by atoms with van der Waals surface area (Å²) in [5.74, 6) is 0. The topological polar surface area (TPSA) is 23.0 Å². The van der Waals surface area contributed by atoms with Crippen molar-refractivity contribution in [3.8, 4) is 33.6 Å². The van der Waals surface area contributed by atoms with E-state index in [9.17, 15) is 0 Å². The summed E-state index contributed by atoms with van der Waals surface area (Å²) in [6.07, 6.45) is 0.